The van der Waals surface area contributed by atoms with Gasteiger partial charge in [0.25, 0.3) is 0 Å². The second-order valence-electron chi connectivity index (χ2n) is 5.70. The van der Waals surface area contributed by atoms with E-state index in [4.69, 9.17) is 5.11 Å². The monoisotopic (exact) mass is 291 g/mol. The molecule has 0 spiro atoms. The Balaban J connectivity index is 1.86. The second kappa shape index (κ2) is 6.37. The van der Waals surface area contributed by atoms with Gasteiger partial charge in [0, 0.05) is 11.1 Å². The van der Waals surface area contributed by atoms with Crippen molar-refractivity contribution in [2.45, 2.75) is 38.6 Å². The summed E-state index contributed by atoms with van der Waals surface area (Å²) < 4.78 is 1.30. The predicted octanol–water partition coefficient (Wildman–Crippen LogP) is 3.11. The van der Waals surface area contributed by atoms with E-state index in [1.54, 1.807) is 11.3 Å². The van der Waals surface area contributed by atoms with E-state index >= 15 is 0 Å². The van der Waals surface area contributed by atoms with Crippen molar-refractivity contribution >= 4 is 27.3 Å². The number of hydrogen-bond donors (Lipinski definition) is 2. The van der Waals surface area contributed by atoms with E-state index in [-0.39, 0.29) is 12.5 Å². The topological polar surface area (TPSA) is 49.3 Å². The molecular formula is C16H21NO2S. The van der Waals surface area contributed by atoms with Crippen LogP contribution >= 0.6 is 11.3 Å². The molecule has 3 nitrogen and oxygen atoms in total. The van der Waals surface area contributed by atoms with Crippen LogP contribution < -0.4 is 5.32 Å². The van der Waals surface area contributed by atoms with E-state index < -0.39 is 5.54 Å². The first-order valence-corrected chi connectivity index (χ1v) is 7.77. The number of aryl methyl sites for hydroxylation is 1. The van der Waals surface area contributed by atoms with Crippen LogP contribution in [0.3, 0.4) is 0 Å². The van der Waals surface area contributed by atoms with Gasteiger partial charge in [-0.2, -0.15) is 0 Å². The lowest BCUT2D eigenvalue weighted by Gasteiger charge is -2.23. The molecule has 1 heterocycles. The molecule has 0 saturated heterocycles. The number of aliphatic hydroxyl groups is 1. The third-order valence-corrected chi connectivity index (χ3v) is 4.30. The van der Waals surface area contributed by atoms with Crippen molar-refractivity contribution in [3.63, 3.8) is 0 Å². The zero-order valence-electron chi connectivity index (χ0n) is 12.0. The van der Waals surface area contributed by atoms with Crippen molar-refractivity contribution in [2.75, 3.05) is 6.61 Å². The fraction of sp³-hybridized carbons (Fsp3) is 0.438. The molecule has 0 aliphatic heterocycles. The van der Waals surface area contributed by atoms with Gasteiger partial charge in [0.1, 0.15) is 0 Å². The molecule has 0 fully saturated rings. The van der Waals surface area contributed by atoms with Gasteiger partial charge < -0.3 is 10.4 Å². The van der Waals surface area contributed by atoms with Crippen LogP contribution in [0.4, 0.5) is 0 Å². The molecule has 2 rings (SSSR count). The molecule has 2 aromatic rings. The number of hydrogen-bond acceptors (Lipinski definition) is 3. The van der Waals surface area contributed by atoms with Crippen molar-refractivity contribution in [1.82, 2.24) is 5.32 Å². The lowest BCUT2D eigenvalue weighted by atomic mass is 10.0. The van der Waals surface area contributed by atoms with Crippen LogP contribution in [0.15, 0.2) is 29.6 Å². The highest BCUT2D eigenvalue weighted by Crippen LogP contribution is 2.26. The molecule has 1 aromatic carbocycles. The summed E-state index contributed by atoms with van der Waals surface area (Å²) >= 11 is 1.75. The Hall–Kier alpha value is -1.39. The van der Waals surface area contributed by atoms with Crippen LogP contribution in [-0.4, -0.2) is 23.2 Å². The summed E-state index contributed by atoms with van der Waals surface area (Å²) in [5, 5.41) is 15.4. The van der Waals surface area contributed by atoms with Crippen molar-refractivity contribution in [1.29, 1.82) is 0 Å². The molecule has 108 valence electrons. The number of fused-ring (bicyclic) bond motifs is 1. The molecule has 0 bridgehead atoms. The first-order valence-electron chi connectivity index (χ1n) is 6.89. The van der Waals surface area contributed by atoms with Gasteiger partial charge in [0.05, 0.1) is 12.1 Å². The van der Waals surface area contributed by atoms with Gasteiger partial charge in [-0.3, -0.25) is 4.79 Å². The number of benzene rings is 1. The fourth-order valence-corrected chi connectivity index (χ4v) is 3.14. The maximum absolute atomic E-state index is 11.8. The highest BCUT2D eigenvalue weighted by atomic mass is 32.1. The molecule has 20 heavy (non-hydrogen) atoms. The SMILES string of the molecule is CC(C)(CO)NC(=O)CCCc1csc2ccccc12. The molecule has 1 amide bonds. The van der Waals surface area contributed by atoms with Crippen LogP contribution in [0.5, 0.6) is 0 Å². The molecule has 2 N–H and O–H groups in total. The van der Waals surface area contributed by atoms with Gasteiger partial charge in [0.15, 0.2) is 0 Å². The minimum Gasteiger partial charge on any atom is -0.394 e. The Morgan fingerprint density at radius 3 is 2.85 bits per heavy atom. The van der Waals surface area contributed by atoms with E-state index in [1.165, 1.54) is 15.6 Å². The number of nitrogens with one attached hydrogen (secondary N) is 1. The minimum atomic E-state index is -0.536. The van der Waals surface area contributed by atoms with Crippen molar-refractivity contribution < 1.29 is 9.90 Å². The number of aliphatic hydroxyl groups excluding tert-OH is 1. The number of thiophene rings is 1. The molecule has 0 atom stereocenters. The Kier molecular flexibility index (Phi) is 4.78. The maximum atomic E-state index is 11.8. The lowest BCUT2D eigenvalue weighted by Crippen LogP contribution is -2.46. The molecule has 0 aliphatic rings. The quantitative estimate of drug-likeness (QED) is 0.859. The Labute approximate surface area is 123 Å². The van der Waals surface area contributed by atoms with Crippen molar-refractivity contribution in [3.05, 3.63) is 35.2 Å². The van der Waals surface area contributed by atoms with Gasteiger partial charge in [-0.15, -0.1) is 11.3 Å². The van der Waals surface area contributed by atoms with Crippen LogP contribution in [0, 0.1) is 0 Å². The van der Waals surface area contributed by atoms with Crippen molar-refractivity contribution in [3.8, 4) is 0 Å². The van der Waals surface area contributed by atoms with Gasteiger partial charge >= 0.3 is 0 Å². The molecule has 1 aromatic heterocycles. The first-order chi connectivity index (χ1) is 9.52. The van der Waals surface area contributed by atoms with Crippen LogP contribution in [0.25, 0.3) is 10.1 Å². The third-order valence-electron chi connectivity index (χ3n) is 3.28. The number of rotatable bonds is 6. The van der Waals surface area contributed by atoms with Gasteiger partial charge in [-0.05, 0) is 49.1 Å². The Morgan fingerprint density at radius 1 is 1.35 bits per heavy atom. The summed E-state index contributed by atoms with van der Waals surface area (Å²) in [5.74, 6) is 0.00332. The van der Waals surface area contributed by atoms with Gasteiger partial charge in [-0.25, -0.2) is 0 Å². The minimum absolute atomic E-state index is 0.00332. The van der Waals surface area contributed by atoms with E-state index in [0.717, 1.165) is 12.8 Å². The smallest absolute Gasteiger partial charge is 0.220 e. The van der Waals surface area contributed by atoms with Gasteiger partial charge in [0.2, 0.25) is 5.91 Å². The van der Waals surface area contributed by atoms with E-state index in [1.807, 2.05) is 19.9 Å². The molecular weight excluding hydrogens is 270 g/mol. The number of amides is 1. The number of carbonyl (C=O) groups is 1. The average Bonchev–Trinajstić information content (AvgIpc) is 2.82. The first kappa shape index (κ1) is 15.0. The zero-order valence-corrected chi connectivity index (χ0v) is 12.8. The van der Waals surface area contributed by atoms with Crippen LogP contribution in [0.2, 0.25) is 0 Å². The predicted molar refractivity (Wildman–Crippen MR) is 84.1 cm³/mol. The largest absolute Gasteiger partial charge is 0.394 e. The average molecular weight is 291 g/mol. The summed E-state index contributed by atoms with van der Waals surface area (Å²) in [5.41, 5.74) is 0.784. The second-order valence-corrected chi connectivity index (χ2v) is 6.61. The van der Waals surface area contributed by atoms with Crippen LogP contribution in [0.1, 0.15) is 32.3 Å². The van der Waals surface area contributed by atoms with E-state index in [9.17, 15) is 4.79 Å². The van der Waals surface area contributed by atoms with E-state index in [0.29, 0.717) is 6.42 Å². The molecule has 0 unspecified atom stereocenters. The Bertz CT molecular complexity index is 589. The van der Waals surface area contributed by atoms with Crippen molar-refractivity contribution in [2.24, 2.45) is 0 Å². The summed E-state index contributed by atoms with van der Waals surface area (Å²) in [6, 6.07) is 8.36. The third kappa shape index (κ3) is 3.81. The molecule has 0 aliphatic carbocycles. The summed E-state index contributed by atoms with van der Waals surface area (Å²) in [6.45, 7) is 3.59. The lowest BCUT2D eigenvalue weighted by molar-refractivity contribution is -0.123. The molecule has 0 radical (unpaired) electrons. The van der Waals surface area contributed by atoms with E-state index in [2.05, 4.69) is 28.9 Å². The number of carbonyl (C=O) groups excluding carboxylic acids is 1. The summed E-state index contributed by atoms with van der Waals surface area (Å²) in [6.07, 6.45) is 2.23. The maximum Gasteiger partial charge on any atom is 0.220 e. The zero-order chi connectivity index (χ0) is 14.6. The normalized spacial score (nSPS) is 11.8. The van der Waals surface area contributed by atoms with Crippen LogP contribution in [-0.2, 0) is 11.2 Å². The highest BCUT2D eigenvalue weighted by molar-refractivity contribution is 7.17. The highest BCUT2D eigenvalue weighted by Gasteiger charge is 2.18. The summed E-state index contributed by atoms with van der Waals surface area (Å²) in [7, 11) is 0. The molecule has 0 saturated carbocycles. The summed E-state index contributed by atoms with van der Waals surface area (Å²) in [4.78, 5) is 11.8. The fourth-order valence-electron chi connectivity index (χ4n) is 2.15. The van der Waals surface area contributed by atoms with Gasteiger partial charge in [-0.1, -0.05) is 18.2 Å². The molecule has 4 heteroatoms. The standard InChI is InChI=1S/C16H21NO2S/c1-16(2,11-18)17-15(19)9-5-6-12-10-20-14-8-4-3-7-13(12)14/h3-4,7-8,10,18H,5-6,9,11H2,1-2H3,(H,17,19). The Morgan fingerprint density at radius 2 is 2.10 bits per heavy atom.